The van der Waals surface area contributed by atoms with Gasteiger partial charge in [0.1, 0.15) is 0 Å². The number of ether oxygens (including phenoxy) is 1. The molecule has 0 radical (unpaired) electrons. The topological polar surface area (TPSA) is 21.3 Å². The van der Waals surface area contributed by atoms with Crippen LogP contribution in [0.4, 0.5) is 0 Å². The monoisotopic (exact) mass is 129 g/mol. The highest BCUT2D eigenvalue weighted by Crippen LogP contribution is 2.13. The van der Waals surface area contributed by atoms with Crippen molar-refractivity contribution in [1.82, 2.24) is 5.32 Å². The molecule has 0 spiro atoms. The molecule has 0 saturated carbocycles. The van der Waals surface area contributed by atoms with Gasteiger partial charge in [-0.05, 0) is 25.8 Å². The van der Waals surface area contributed by atoms with E-state index in [1.807, 2.05) is 0 Å². The van der Waals surface area contributed by atoms with Crippen LogP contribution < -0.4 is 5.32 Å². The maximum Gasteiger partial charge on any atom is 0.0583 e. The van der Waals surface area contributed by atoms with Gasteiger partial charge in [-0.2, -0.15) is 0 Å². The summed E-state index contributed by atoms with van der Waals surface area (Å²) in [4.78, 5) is 0. The van der Waals surface area contributed by atoms with Gasteiger partial charge in [0.25, 0.3) is 0 Å². The SMILES string of the molecule is CO[C@H](C)[C@H]1CCNC1. The molecule has 1 heterocycles. The van der Waals surface area contributed by atoms with Crippen LogP contribution in [-0.4, -0.2) is 26.3 Å². The summed E-state index contributed by atoms with van der Waals surface area (Å²) in [6.45, 7) is 4.44. The van der Waals surface area contributed by atoms with Gasteiger partial charge in [0.05, 0.1) is 6.10 Å². The van der Waals surface area contributed by atoms with Crippen molar-refractivity contribution < 1.29 is 4.74 Å². The lowest BCUT2D eigenvalue weighted by Crippen LogP contribution is -2.21. The molecule has 0 aromatic heterocycles. The summed E-state index contributed by atoms with van der Waals surface area (Å²) in [6, 6.07) is 0. The van der Waals surface area contributed by atoms with E-state index in [9.17, 15) is 0 Å². The zero-order chi connectivity index (χ0) is 6.69. The minimum atomic E-state index is 0.431. The highest BCUT2D eigenvalue weighted by atomic mass is 16.5. The average Bonchev–Trinajstić information content (AvgIpc) is 2.37. The van der Waals surface area contributed by atoms with Gasteiger partial charge >= 0.3 is 0 Å². The first-order valence-corrected chi connectivity index (χ1v) is 3.58. The maximum atomic E-state index is 5.19. The van der Waals surface area contributed by atoms with Crippen LogP contribution in [0, 0.1) is 5.92 Å². The predicted molar refractivity (Wildman–Crippen MR) is 37.4 cm³/mol. The van der Waals surface area contributed by atoms with Gasteiger partial charge in [-0.1, -0.05) is 0 Å². The van der Waals surface area contributed by atoms with Crippen molar-refractivity contribution >= 4 is 0 Å². The standard InChI is InChI=1S/C7H15NO/c1-6(9-2)7-3-4-8-5-7/h6-8H,3-5H2,1-2H3/t6-,7+/m1/s1. The molecule has 1 aliphatic rings. The molecule has 1 fully saturated rings. The Bertz CT molecular complexity index is 79.0. The van der Waals surface area contributed by atoms with Crippen molar-refractivity contribution in [3.05, 3.63) is 0 Å². The second-order valence-electron chi connectivity index (χ2n) is 2.69. The zero-order valence-corrected chi connectivity index (χ0v) is 6.18. The van der Waals surface area contributed by atoms with Gasteiger partial charge in [0.2, 0.25) is 0 Å². The first-order chi connectivity index (χ1) is 4.34. The summed E-state index contributed by atoms with van der Waals surface area (Å²) in [5, 5.41) is 3.31. The van der Waals surface area contributed by atoms with Gasteiger partial charge in [-0.15, -0.1) is 0 Å². The fourth-order valence-electron chi connectivity index (χ4n) is 1.27. The number of rotatable bonds is 2. The van der Waals surface area contributed by atoms with E-state index >= 15 is 0 Å². The molecule has 0 unspecified atom stereocenters. The van der Waals surface area contributed by atoms with E-state index in [-0.39, 0.29) is 0 Å². The van der Waals surface area contributed by atoms with Gasteiger partial charge in [-0.3, -0.25) is 0 Å². The molecule has 0 aromatic carbocycles. The molecule has 0 bridgehead atoms. The molecule has 0 amide bonds. The van der Waals surface area contributed by atoms with Crippen LogP contribution in [0.3, 0.4) is 0 Å². The third-order valence-electron chi connectivity index (χ3n) is 2.13. The molecule has 9 heavy (non-hydrogen) atoms. The van der Waals surface area contributed by atoms with E-state index in [1.54, 1.807) is 7.11 Å². The maximum absolute atomic E-state index is 5.19. The fourth-order valence-corrected chi connectivity index (χ4v) is 1.27. The summed E-state index contributed by atoms with van der Waals surface area (Å²) in [6.07, 6.45) is 1.70. The number of hydrogen-bond acceptors (Lipinski definition) is 2. The Morgan fingerprint density at radius 2 is 2.44 bits per heavy atom. The van der Waals surface area contributed by atoms with E-state index in [2.05, 4.69) is 12.2 Å². The molecule has 0 aromatic rings. The van der Waals surface area contributed by atoms with Gasteiger partial charge < -0.3 is 10.1 Å². The molecular formula is C7H15NO. The Morgan fingerprint density at radius 1 is 1.67 bits per heavy atom. The van der Waals surface area contributed by atoms with Crippen molar-refractivity contribution in [3.63, 3.8) is 0 Å². The normalized spacial score (nSPS) is 30.7. The van der Waals surface area contributed by atoms with E-state index in [0.29, 0.717) is 6.10 Å². The number of hydrogen-bond donors (Lipinski definition) is 1. The van der Waals surface area contributed by atoms with E-state index in [0.717, 1.165) is 12.5 Å². The highest BCUT2D eigenvalue weighted by molar-refractivity contribution is 4.75. The van der Waals surface area contributed by atoms with Crippen LogP contribution >= 0.6 is 0 Å². The largest absolute Gasteiger partial charge is 0.381 e. The first-order valence-electron chi connectivity index (χ1n) is 3.58. The third kappa shape index (κ3) is 1.66. The molecule has 1 aliphatic heterocycles. The molecule has 1 rings (SSSR count). The number of methoxy groups -OCH3 is 1. The van der Waals surface area contributed by atoms with Crippen molar-refractivity contribution in [2.75, 3.05) is 20.2 Å². The van der Waals surface area contributed by atoms with Crippen LogP contribution in [0.15, 0.2) is 0 Å². The summed E-state index contributed by atoms with van der Waals surface area (Å²) in [5.41, 5.74) is 0. The van der Waals surface area contributed by atoms with Crippen molar-refractivity contribution in [3.8, 4) is 0 Å². The van der Waals surface area contributed by atoms with Gasteiger partial charge in [-0.25, -0.2) is 0 Å². The molecule has 2 heteroatoms. The van der Waals surface area contributed by atoms with E-state index in [4.69, 9.17) is 4.74 Å². The Labute approximate surface area is 56.6 Å². The second kappa shape index (κ2) is 3.18. The highest BCUT2D eigenvalue weighted by Gasteiger charge is 2.20. The average molecular weight is 129 g/mol. The Hall–Kier alpha value is -0.0800. The quantitative estimate of drug-likeness (QED) is 0.590. The first kappa shape index (κ1) is 7.03. The zero-order valence-electron chi connectivity index (χ0n) is 6.18. The summed E-state index contributed by atoms with van der Waals surface area (Å²) in [5.74, 6) is 0.745. The smallest absolute Gasteiger partial charge is 0.0583 e. The Morgan fingerprint density at radius 3 is 2.89 bits per heavy atom. The Kier molecular flexibility index (Phi) is 2.49. The van der Waals surface area contributed by atoms with E-state index < -0.39 is 0 Å². The fraction of sp³-hybridized carbons (Fsp3) is 1.00. The minimum Gasteiger partial charge on any atom is -0.381 e. The van der Waals surface area contributed by atoms with Crippen molar-refractivity contribution in [2.24, 2.45) is 5.92 Å². The molecule has 0 aliphatic carbocycles. The van der Waals surface area contributed by atoms with Gasteiger partial charge in [0.15, 0.2) is 0 Å². The lowest BCUT2D eigenvalue weighted by Gasteiger charge is -2.15. The van der Waals surface area contributed by atoms with Crippen LogP contribution in [-0.2, 0) is 4.74 Å². The molecule has 54 valence electrons. The second-order valence-corrected chi connectivity index (χ2v) is 2.69. The van der Waals surface area contributed by atoms with Crippen LogP contribution in [0.1, 0.15) is 13.3 Å². The van der Waals surface area contributed by atoms with Crippen LogP contribution in [0.5, 0.6) is 0 Å². The lowest BCUT2D eigenvalue weighted by molar-refractivity contribution is 0.0742. The molecule has 1 saturated heterocycles. The van der Waals surface area contributed by atoms with Gasteiger partial charge in [0, 0.05) is 13.7 Å². The third-order valence-corrected chi connectivity index (χ3v) is 2.13. The predicted octanol–water partition coefficient (Wildman–Crippen LogP) is 0.631. The Balaban J connectivity index is 2.24. The van der Waals surface area contributed by atoms with Crippen molar-refractivity contribution in [2.45, 2.75) is 19.4 Å². The lowest BCUT2D eigenvalue weighted by atomic mass is 10.0. The summed E-state index contributed by atoms with van der Waals surface area (Å²) in [7, 11) is 1.78. The molecule has 2 nitrogen and oxygen atoms in total. The molecule has 1 N–H and O–H groups in total. The minimum absolute atomic E-state index is 0.431. The summed E-state index contributed by atoms with van der Waals surface area (Å²) >= 11 is 0. The molecular weight excluding hydrogens is 114 g/mol. The number of nitrogens with one attached hydrogen (secondary N) is 1. The van der Waals surface area contributed by atoms with E-state index in [1.165, 1.54) is 13.0 Å². The molecule has 2 atom stereocenters. The van der Waals surface area contributed by atoms with Crippen molar-refractivity contribution in [1.29, 1.82) is 0 Å². The van der Waals surface area contributed by atoms with Crippen LogP contribution in [0.2, 0.25) is 0 Å². The van der Waals surface area contributed by atoms with Crippen LogP contribution in [0.25, 0.3) is 0 Å². The summed E-state index contributed by atoms with van der Waals surface area (Å²) < 4.78 is 5.19.